The first kappa shape index (κ1) is 8.97. The Morgan fingerprint density at radius 3 is 2.55 bits per heavy atom. The number of nitrogens with one attached hydrogen (secondary N) is 1. The molecule has 11 heavy (non-hydrogen) atoms. The second kappa shape index (κ2) is 3.52. The normalized spacial score (nSPS) is 24.3. The molecule has 0 saturated carbocycles. The molecule has 3 heteroatoms. The summed E-state index contributed by atoms with van der Waals surface area (Å²) in [5.41, 5.74) is 5.07. The summed E-state index contributed by atoms with van der Waals surface area (Å²) >= 11 is 0. The first-order chi connectivity index (χ1) is 5.23. The molecule has 1 atom stereocenters. The van der Waals surface area contributed by atoms with Crippen LogP contribution in [0.2, 0.25) is 0 Å². The van der Waals surface area contributed by atoms with Crippen LogP contribution < -0.4 is 11.1 Å². The van der Waals surface area contributed by atoms with Crippen LogP contribution in [0.25, 0.3) is 0 Å². The van der Waals surface area contributed by atoms with Crippen LogP contribution in [0.15, 0.2) is 0 Å². The van der Waals surface area contributed by atoms with Crippen molar-refractivity contribution in [3.63, 3.8) is 0 Å². The summed E-state index contributed by atoms with van der Waals surface area (Å²) in [5.74, 6) is 0.286. The molecule has 0 bridgehead atoms. The van der Waals surface area contributed by atoms with E-state index in [1.807, 2.05) is 0 Å². The molecule has 66 valence electrons. The van der Waals surface area contributed by atoms with Crippen LogP contribution in [0, 0.1) is 5.92 Å². The second-order valence-electron chi connectivity index (χ2n) is 3.43. The van der Waals surface area contributed by atoms with Crippen LogP contribution in [0.3, 0.4) is 0 Å². The van der Waals surface area contributed by atoms with Crippen molar-refractivity contribution in [3.05, 3.63) is 0 Å². The van der Waals surface area contributed by atoms with Crippen molar-refractivity contribution in [2.75, 3.05) is 19.6 Å². The molecule has 1 aliphatic rings. The van der Waals surface area contributed by atoms with Crippen molar-refractivity contribution in [1.82, 2.24) is 5.32 Å². The standard InChI is InChI=1S/C8H18N2O/c1-2-3-7(4-9)8(11)5-10-6-8/h7,10-11H,2-6,9H2,1H3. The highest BCUT2D eigenvalue weighted by Crippen LogP contribution is 2.24. The minimum Gasteiger partial charge on any atom is -0.387 e. The average Bonchev–Trinajstić information content (AvgIpc) is 1.96. The molecule has 1 unspecified atom stereocenters. The van der Waals surface area contributed by atoms with Crippen molar-refractivity contribution >= 4 is 0 Å². The molecule has 1 heterocycles. The van der Waals surface area contributed by atoms with E-state index in [4.69, 9.17) is 5.73 Å². The summed E-state index contributed by atoms with van der Waals surface area (Å²) in [6.07, 6.45) is 2.14. The summed E-state index contributed by atoms with van der Waals surface area (Å²) in [7, 11) is 0. The predicted molar refractivity (Wildman–Crippen MR) is 45.3 cm³/mol. The van der Waals surface area contributed by atoms with Gasteiger partial charge in [-0.3, -0.25) is 0 Å². The van der Waals surface area contributed by atoms with Gasteiger partial charge >= 0.3 is 0 Å². The molecule has 0 aromatic carbocycles. The minimum atomic E-state index is -0.495. The third kappa shape index (κ3) is 1.72. The Bertz CT molecular complexity index is 123. The fourth-order valence-corrected chi connectivity index (χ4v) is 1.62. The fourth-order valence-electron chi connectivity index (χ4n) is 1.62. The Morgan fingerprint density at radius 1 is 1.64 bits per heavy atom. The molecule has 0 aromatic heterocycles. The van der Waals surface area contributed by atoms with E-state index >= 15 is 0 Å². The highest BCUT2D eigenvalue weighted by Gasteiger charge is 2.40. The van der Waals surface area contributed by atoms with Gasteiger partial charge in [0.25, 0.3) is 0 Å². The van der Waals surface area contributed by atoms with Gasteiger partial charge in [0.2, 0.25) is 0 Å². The summed E-state index contributed by atoms with van der Waals surface area (Å²) in [4.78, 5) is 0. The van der Waals surface area contributed by atoms with Crippen LogP contribution in [0.4, 0.5) is 0 Å². The van der Waals surface area contributed by atoms with Gasteiger partial charge in [-0.15, -0.1) is 0 Å². The van der Waals surface area contributed by atoms with E-state index < -0.39 is 5.60 Å². The monoisotopic (exact) mass is 158 g/mol. The maximum atomic E-state index is 9.86. The van der Waals surface area contributed by atoms with Gasteiger partial charge in [0.1, 0.15) is 0 Å². The zero-order valence-corrected chi connectivity index (χ0v) is 7.14. The van der Waals surface area contributed by atoms with E-state index in [0.29, 0.717) is 6.54 Å². The maximum Gasteiger partial charge on any atom is 0.0935 e. The zero-order chi connectivity index (χ0) is 8.32. The molecule has 0 aliphatic carbocycles. The zero-order valence-electron chi connectivity index (χ0n) is 7.14. The van der Waals surface area contributed by atoms with Gasteiger partial charge in [-0.05, 0) is 13.0 Å². The van der Waals surface area contributed by atoms with Crippen molar-refractivity contribution in [2.45, 2.75) is 25.4 Å². The lowest BCUT2D eigenvalue weighted by Crippen LogP contribution is -2.64. The molecular formula is C8H18N2O. The van der Waals surface area contributed by atoms with Crippen molar-refractivity contribution in [2.24, 2.45) is 11.7 Å². The summed E-state index contributed by atoms with van der Waals surface area (Å²) in [6.45, 7) is 4.16. The fraction of sp³-hybridized carbons (Fsp3) is 1.00. The lowest BCUT2D eigenvalue weighted by atomic mass is 9.80. The van der Waals surface area contributed by atoms with Crippen molar-refractivity contribution in [1.29, 1.82) is 0 Å². The van der Waals surface area contributed by atoms with Gasteiger partial charge in [0.05, 0.1) is 5.60 Å². The van der Waals surface area contributed by atoms with E-state index in [1.165, 1.54) is 0 Å². The molecule has 0 spiro atoms. The van der Waals surface area contributed by atoms with Gasteiger partial charge < -0.3 is 16.2 Å². The number of rotatable bonds is 4. The topological polar surface area (TPSA) is 58.3 Å². The minimum absolute atomic E-state index is 0.286. The van der Waals surface area contributed by atoms with Crippen LogP contribution in [-0.4, -0.2) is 30.3 Å². The first-order valence-corrected chi connectivity index (χ1v) is 4.36. The van der Waals surface area contributed by atoms with Crippen LogP contribution in [0.1, 0.15) is 19.8 Å². The number of hydrogen-bond donors (Lipinski definition) is 3. The van der Waals surface area contributed by atoms with E-state index in [2.05, 4.69) is 12.2 Å². The Labute approximate surface area is 68.0 Å². The Balaban J connectivity index is 2.39. The quantitative estimate of drug-likeness (QED) is 0.526. The maximum absolute atomic E-state index is 9.86. The predicted octanol–water partition coefficient (Wildman–Crippen LogP) is -0.304. The SMILES string of the molecule is CCCC(CN)C1(O)CNC1. The average molecular weight is 158 g/mol. The summed E-state index contributed by atoms with van der Waals surface area (Å²) < 4.78 is 0. The molecule has 1 aliphatic heterocycles. The number of β-amino-alcohol motifs (C(OH)–C–C–N with tert-alkyl or cyclic N) is 1. The van der Waals surface area contributed by atoms with E-state index in [1.54, 1.807) is 0 Å². The van der Waals surface area contributed by atoms with E-state index in [-0.39, 0.29) is 5.92 Å². The molecule has 3 nitrogen and oxygen atoms in total. The van der Waals surface area contributed by atoms with Gasteiger partial charge in [-0.1, -0.05) is 13.3 Å². The smallest absolute Gasteiger partial charge is 0.0935 e. The van der Waals surface area contributed by atoms with E-state index in [9.17, 15) is 5.11 Å². The first-order valence-electron chi connectivity index (χ1n) is 4.36. The van der Waals surface area contributed by atoms with E-state index in [0.717, 1.165) is 25.9 Å². The number of aliphatic hydroxyl groups is 1. The molecule has 1 fully saturated rings. The summed E-state index contributed by atoms with van der Waals surface area (Å²) in [6, 6.07) is 0. The van der Waals surface area contributed by atoms with Crippen molar-refractivity contribution < 1.29 is 5.11 Å². The molecule has 0 amide bonds. The van der Waals surface area contributed by atoms with Crippen molar-refractivity contribution in [3.8, 4) is 0 Å². The molecular weight excluding hydrogens is 140 g/mol. The molecule has 0 aromatic rings. The molecule has 4 N–H and O–H groups in total. The largest absolute Gasteiger partial charge is 0.387 e. The Kier molecular flexibility index (Phi) is 2.87. The Hall–Kier alpha value is -0.120. The van der Waals surface area contributed by atoms with Gasteiger partial charge in [-0.25, -0.2) is 0 Å². The molecule has 0 radical (unpaired) electrons. The van der Waals surface area contributed by atoms with Gasteiger partial charge in [0.15, 0.2) is 0 Å². The lowest BCUT2D eigenvalue weighted by molar-refractivity contribution is -0.0613. The third-order valence-corrected chi connectivity index (χ3v) is 2.54. The third-order valence-electron chi connectivity index (χ3n) is 2.54. The molecule has 1 saturated heterocycles. The Morgan fingerprint density at radius 2 is 2.27 bits per heavy atom. The highest BCUT2D eigenvalue weighted by atomic mass is 16.3. The van der Waals surface area contributed by atoms with Crippen LogP contribution >= 0.6 is 0 Å². The number of hydrogen-bond acceptors (Lipinski definition) is 3. The van der Waals surface area contributed by atoms with Crippen LogP contribution in [-0.2, 0) is 0 Å². The van der Waals surface area contributed by atoms with Crippen LogP contribution in [0.5, 0.6) is 0 Å². The lowest BCUT2D eigenvalue weighted by Gasteiger charge is -2.43. The number of nitrogens with two attached hydrogens (primary N) is 1. The van der Waals surface area contributed by atoms with Gasteiger partial charge in [0, 0.05) is 19.0 Å². The van der Waals surface area contributed by atoms with Gasteiger partial charge in [-0.2, -0.15) is 0 Å². The highest BCUT2D eigenvalue weighted by molar-refractivity contribution is 4.98. The molecule has 1 rings (SSSR count). The second-order valence-corrected chi connectivity index (χ2v) is 3.43. The summed E-state index contributed by atoms with van der Waals surface area (Å²) in [5, 5.41) is 12.9.